The van der Waals surface area contributed by atoms with Gasteiger partial charge in [-0.1, -0.05) is 42.8 Å². The van der Waals surface area contributed by atoms with Crippen LogP contribution in [0.15, 0.2) is 59.5 Å². The molecule has 8 heteroatoms. The minimum absolute atomic E-state index is 0.0565. The molecule has 2 aromatic carbocycles. The summed E-state index contributed by atoms with van der Waals surface area (Å²) in [6.07, 6.45) is 2.68. The predicted molar refractivity (Wildman–Crippen MR) is 112 cm³/mol. The van der Waals surface area contributed by atoms with Crippen molar-refractivity contribution in [2.75, 3.05) is 19.7 Å². The fraction of sp³-hybridized carbons (Fsp3) is 0.364. The summed E-state index contributed by atoms with van der Waals surface area (Å²) in [6, 6.07) is 15.0. The van der Waals surface area contributed by atoms with Crippen LogP contribution in [0.5, 0.6) is 0 Å². The maximum absolute atomic E-state index is 12.8. The van der Waals surface area contributed by atoms with Gasteiger partial charge in [0.05, 0.1) is 16.5 Å². The Hall–Kier alpha value is -2.71. The number of ether oxygens (including phenoxy) is 1. The summed E-state index contributed by atoms with van der Waals surface area (Å²) >= 11 is 0. The number of carbonyl (C=O) groups is 2. The number of hydrogen-bond acceptors (Lipinski definition) is 5. The molecule has 30 heavy (non-hydrogen) atoms. The predicted octanol–water partition coefficient (Wildman–Crippen LogP) is 2.90. The van der Waals surface area contributed by atoms with Gasteiger partial charge in [-0.15, -0.1) is 0 Å². The minimum atomic E-state index is -3.65. The van der Waals surface area contributed by atoms with E-state index >= 15 is 0 Å². The van der Waals surface area contributed by atoms with E-state index in [0.29, 0.717) is 13.1 Å². The molecule has 0 aliphatic carbocycles. The first-order chi connectivity index (χ1) is 14.4. The minimum Gasteiger partial charge on any atom is -0.452 e. The lowest BCUT2D eigenvalue weighted by Gasteiger charge is -2.25. The van der Waals surface area contributed by atoms with Crippen molar-refractivity contribution >= 4 is 21.9 Å². The monoisotopic (exact) mass is 430 g/mol. The van der Waals surface area contributed by atoms with E-state index in [1.807, 2.05) is 37.3 Å². The Balaban J connectivity index is 1.59. The summed E-state index contributed by atoms with van der Waals surface area (Å²) in [4.78, 5) is 24.5. The van der Waals surface area contributed by atoms with Crippen LogP contribution >= 0.6 is 0 Å². The molecular formula is C22H26N2O5S. The number of nitrogens with one attached hydrogen (secondary N) is 1. The van der Waals surface area contributed by atoms with Gasteiger partial charge in [-0.05, 0) is 43.5 Å². The van der Waals surface area contributed by atoms with Gasteiger partial charge in [0.15, 0.2) is 6.61 Å². The second-order valence-electron chi connectivity index (χ2n) is 7.27. The fourth-order valence-corrected chi connectivity index (χ4v) is 4.92. The van der Waals surface area contributed by atoms with Gasteiger partial charge in [0, 0.05) is 13.1 Å². The van der Waals surface area contributed by atoms with Crippen LogP contribution in [0.2, 0.25) is 0 Å². The molecule has 7 nitrogen and oxygen atoms in total. The molecular weight excluding hydrogens is 404 g/mol. The molecule has 0 saturated carbocycles. The Morgan fingerprint density at radius 1 is 1.03 bits per heavy atom. The highest BCUT2D eigenvalue weighted by Gasteiger charge is 2.26. The lowest BCUT2D eigenvalue weighted by atomic mass is 10.1. The molecule has 0 spiro atoms. The van der Waals surface area contributed by atoms with Gasteiger partial charge in [-0.25, -0.2) is 13.2 Å². The first-order valence-corrected chi connectivity index (χ1v) is 11.4. The smallest absolute Gasteiger partial charge is 0.338 e. The van der Waals surface area contributed by atoms with Crippen molar-refractivity contribution in [3.63, 3.8) is 0 Å². The average Bonchev–Trinajstić information content (AvgIpc) is 2.78. The van der Waals surface area contributed by atoms with Crippen LogP contribution in [0.4, 0.5) is 0 Å². The SMILES string of the molecule is C[C@@H](NC(=O)COC(=O)c1cccc(S(=O)(=O)N2CCCCC2)c1)c1ccccc1. The van der Waals surface area contributed by atoms with Crippen molar-refractivity contribution in [3.05, 3.63) is 65.7 Å². The van der Waals surface area contributed by atoms with Crippen LogP contribution in [0, 0.1) is 0 Å². The molecule has 1 saturated heterocycles. The molecule has 1 aliphatic heterocycles. The molecule has 1 N–H and O–H groups in total. The summed E-state index contributed by atoms with van der Waals surface area (Å²) in [5.74, 6) is -1.18. The number of sulfonamides is 1. The molecule has 0 unspecified atom stereocenters. The first-order valence-electron chi connectivity index (χ1n) is 9.99. The van der Waals surface area contributed by atoms with Gasteiger partial charge < -0.3 is 10.1 Å². The normalized spacial score (nSPS) is 15.9. The van der Waals surface area contributed by atoms with Crippen molar-refractivity contribution in [3.8, 4) is 0 Å². The first kappa shape index (κ1) is 22.0. The van der Waals surface area contributed by atoms with E-state index in [0.717, 1.165) is 24.8 Å². The third kappa shape index (κ3) is 5.46. The number of esters is 1. The molecule has 2 aromatic rings. The lowest BCUT2D eigenvalue weighted by Crippen LogP contribution is -2.35. The maximum Gasteiger partial charge on any atom is 0.338 e. The van der Waals surface area contributed by atoms with Gasteiger partial charge in [0.2, 0.25) is 10.0 Å². The standard InChI is InChI=1S/C22H26N2O5S/c1-17(18-9-4-2-5-10-18)23-21(25)16-29-22(26)19-11-8-12-20(15-19)30(27,28)24-13-6-3-7-14-24/h2,4-5,8-12,15,17H,3,6-7,13-14,16H2,1H3,(H,23,25)/t17-/m1/s1. The molecule has 0 aromatic heterocycles. The summed E-state index contributed by atoms with van der Waals surface area (Å²) in [5.41, 5.74) is 1.03. The van der Waals surface area contributed by atoms with E-state index in [9.17, 15) is 18.0 Å². The Morgan fingerprint density at radius 3 is 2.43 bits per heavy atom. The molecule has 1 amide bonds. The lowest BCUT2D eigenvalue weighted by molar-refractivity contribution is -0.124. The second-order valence-corrected chi connectivity index (χ2v) is 9.21. The van der Waals surface area contributed by atoms with E-state index in [4.69, 9.17) is 4.74 Å². The summed E-state index contributed by atoms with van der Waals surface area (Å²) in [5, 5.41) is 2.76. The number of piperidine rings is 1. The Labute approximate surface area is 177 Å². The third-order valence-corrected chi connectivity index (χ3v) is 6.93. The van der Waals surface area contributed by atoms with Crippen LogP contribution in [0.25, 0.3) is 0 Å². The molecule has 0 radical (unpaired) electrons. The van der Waals surface area contributed by atoms with Crippen molar-refractivity contribution in [1.29, 1.82) is 0 Å². The number of amides is 1. The summed E-state index contributed by atoms with van der Waals surface area (Å²) in [6.45, 7) is 2.36. The Kier molecular flexibility index (Phi) is 7.23. The highest BCUT2D eigenvalue weighted by Crippen LogP contribution is 2.21. The quantitative estimate of drug-likeness (QED) is 0.682. The number of rotatable bonds is 7. The molecule has 1 atom stereocenters. The van der Waals surface area contributed by atoms with Crippen LogP contribution in [0.3, 0.4) is 0 Å². The number of nitrogens with zero attached hydrogens (tertiary/aromatic N) is 1. The van der Waals surface area contributed by atoms with E-state index in [2.05, 4.69) is 5.32 Å². The van der Waals surface area contributed by atoms with Crippen LogP contribution in [0.1, 0.15) is 48.1 Å². The van der Waals surface area contributed by atoms with Crippen molar-refractivity contribution < 1.29 is 22.7 Å². The highest BCUT2D eigenvalue weighted by molar-refractivity contribution is 7.89. The number of benzene rings is 2. The second kappa shape index (κ2) is 9.86. The summed E-state index contributed by atoms with van der Waals surface area (Å²) < 4.78 is 32.1. The van der Waals surface area contributed by atoms with E-state index in [1.165, 1.54) is 28.6 Å². The average molecular weight is 431 g/mol. The van der Waals surface area contributed by atoms with Crippen molar-refractivity contribution in [1.82, 2.24) is 9.62 Å². The topological polar surface area (TPSA) is 92.8 Å². The van der Waals surface area contributed by atoms with Crippen LogP contribution in [-0.4, -0.2) is 44.3 Å². The van der Waals surface area contributed by atoms with Gasteiger partial charge in [0.1, 0.15) is 0 Å². The molecule has 1 aliphatic rings. The van der Waals surface area contributed by atoms with Gasteiger partial charge in [-0.3, -0.25) is 4.79 Å². The zero-order chi connectivity index (χ0) is 21.6. The fourth-order valence-electron chi connectivity index (χ4n) is 3.36. The summed E-state index contributed by atoms with van der Waals surface area (Å²) in [7, 11) is -3.65. The Morgan fingerprint density at radius 2 is 1.73 bits per heavy atom. The van der Waals surface area contributed by atoms with Gasteiger partial charge >= 0.3 is 5.97 Å². The Bertz CT molecular complexity index is 986. The van der Waals surface area contributed by atoms with E-state index in [1.54, 1.807) is 0 Å². The molecule has 0 bridgehead atoms. The van der Waals surface area contributed by atoms with Crippen molar-refractivity contribution in [2.24, 2.45) is 0 Å². The van der Waals surface area contributed by atoms with Crippen LogP contribution in [-0.2, 0) is 19.6 Å². The number of carbonyl (C=O) groups excluding carboxylic acids is 2. The third-order valence-electron chi connectivity index (χ3n) is 5.03. The zero-order valence-corrected chi connectivity index (χ0v) is 17.7. The van der Waals surface area contributed by atoms with Crippen LogP contribution < -0.4 is 5.32 Å². The van der Waals surface area contributed by atoms with Gasteiger partial charge in [0.25, 0.3) is 5.91 Å². The highest BCUT2D eigenvalue weighted by atomic mass is 32.2. The molecule has 1 heterocycles. The molecule has 3 rings (SSSR count). The van der Waals surface area contributed by atoms with Gasteiger partial charge in [-0.2, -0.15) is 4.31 Å². The molecule has 160 valence electrons. The number of hydrogen-bond donors (Lipinski definition) is 1. The largest absolute Gasteiger partial charge is 0.452 e. The molecule has 1 fully saturated rings. The van der Waals surface area contributed by atoms with E-state index < -0.39 is 28.5 Å². The maximum atomic E-state index is 12.8. The van der Waals surface area contributed by atoms with Crippen molar-refractivity contribution in [2.45, 2.75) is 37.1 Å². The zero-order valence-electron chi connectivity index (χ0n) is 16.9. The van der Waals surface area contributed by atoms with E-state index in [-0.39, 0.29) is 16.5 Å².